The fourth-order valence-corrected chi connectivity index (χ4v) is 2.34. The number of carbonyl (C=O) groups is 1. The van der Waals surface area contributed by atoms with Gasteiger partial charge in [0.1, 0.15) is 0 Å². The predicted molar refractivity (Wildman–Crippen MR) is 75.7 cm³/mol. The van der Waals surface area contributed by atoms with E-state index < -0.39 is 10.8 Å². The third kappa shape index (κ3) is 3.45. The van der Waals surface area contributed by atoms with Gasteiger partial charge in [0.2, 0.25) is 0 Å². The number of nitro groups is 1. The molecule has 0 bridgehead atoms. The van der Waals surface area contributed by atoms with Crippen LogP contribution < -0.4 is 16.4 Å². The van der Waals surface area contributed by atoms with E-state index in [9.17, 15) is 14.9 Å². The first kappa shape index (κ1) is 14.3. The largest absolute Gasteiger partial charge is 0.380 e. The van der Waals surface area contributed by atoms with E-state index in [4.69, 9.17) is 5.73 Å². The van der Waals surface area contributed by atoms with Crippen LogP contribution in [0.3, 0.4) is 0 Å². The van der Waals surface area contributed by atoms with Crippen molar-refractivity contribution < 1.29 is 9.72 Å². The van der Waals surface area contributed by atoms with Gasteiger partial charge in [0.05, 0.1) is 10.5 Å². The quantitative estimate of drug-likeness (QED) is 0.567. The zero-order valence-electron chi connectivity index (χ0n) is 11.1. The number of carbonyl (C=O) groups excluding carboxylic acids is 1. The molecule has 0 spiro atoms. The molecule has 108 valence electrons. The molecule has 2 rings (SSSR count). The van der Waals surface area contributed by atoms with Gasteiger partial charge in [0.25, 0.3) is 11.6 Å². The van der Waals surface area contributed by atoms with Gasteiger partial charge in [-0.3, -0.25) is 14.9 Å². The minimum absolute atomic E-state index is 0.136. The first-order valence-electron chi connectivity index (χ1n) is 6.63. The zero-order valence-corrected chi connectivity index (χ0v) is 11.1. The van der Waals surface area contributed by atoms with Gasteiger partial charge in [-0.1, -0.05) is 6.42 Å². The van der Waals surface area contributed by atoms with Crippen molar-refractivity contribution in [3.63, 3.8) is 0 Å². The number of anilines is 1. The molecule has 1 saturated heterocycles. The fraction of sp³-hybridized carbons (Fsp3) is 0.462. The molecule has 1 aliphatic rings. The molecule has 1 aromatic carbocycles. The lowest BCUT2D eigenvalue weighted by Crippen LogP contribution is -2.31. The van der Waals surface area contributed by atoms with E-state index in [1.54, 1.807) is 6.07 Å². The number of nitro benzene ring substituents is 1. The highest BCUT2D eigenvalue weighted by atomic mass is 16.6. The van der Waals surface area contributed by atoms with Crippen LogP contribution in [0.5, 0.6) is 0 Å². The van der Waals surface area contributed by atoms with E-state index in [1.165, 1.54) is 12.1 Å². The average Bonchev–Trinajstić information content (AvgIpc) is 2.67. The van der Waals surface area contributed by atoms with Crippen molar-refractivity contribution in [2.45, 2.75) is 25.3 Å². The molecule has 4 N–H and O–H groups in total. The summed E-state index contributed by atoms with van der Waals surface area (Å²) in [6.45, 7) is 1.79. The molecular weight excluding hydrogens is 260 g/mol. The van der Waals surface area contributed by atoms with Crippen molar-refractivity contribution in [1.29, 1.82) is 0 Å². The number of amides is 1. The Morgan fingerprint density at radius 3 is 2.95 bits per heavy atom. The number of benzene rings is 1. The number of nitrogens with zero attached hydrogens (tertiary/aromatic N) is 1. The standard InChI is InChI=1S/C13H18N4O3/c14-13(18)11-7-10(17(19)20)4-5-12(11)16-9-3-1-2-6-15-8-9/h4-5,7,9,15-16H,1-3,6,8H2,(H2,14,18). The molecule has 1 fully saturated rings. The van der Waals surface area contributed by atoms with Gasteiger partial charge >= 0.3 is 0 Å². The second kappa shape index (κ2) is 6.33. The Kier molecular flexibility index (Phi) is 4.52. The lowest BCUT2D eigenvalue weighted by Gasteiger charge is -2.19. The summed E-state index contributed by atoms with van der Waals surface area (Å²) in [6.07, 6.45) is 3.22. The Hall–Kier alpha value is -2.15. The van der Waals surface area contributed by atoms with Gasteiger partial charge in [-0.2, -0.15) is 0 Å². The van der Waals surface area contributed by atoms with Crippen LogP contribution in [0.2, 0.25) is 0 Å². The van der Waals surface area contributed by atoms with Crippen LogP contribution in [0.1, 0.15) is 29.6 Å². The maximum absolute atomic E-state index is 11.5. The van der Waals surface area contributed by atoms with Crippen molar-refractivity contribution >= 4 is 17.3 Å². The monoisotopic (exact) mass is 278 g/mol. The topological polar surface area (TPSA) is 110 Å². The summed E-state index contributed by atoms with van der Waals surface area (Å²) in [6, 6.07) is 4.33. The van der Waals surface area contributed by atoms with E-state index in [0.717, 1.165) is 32.4 Å². The van der Waals surface area contributed by atoms with Gasteiger partial charge < -0.3 is 16.4 Å². The van der Waals surface area contributed by atoms with E-state index in [0.29, 0.717) is 5.69 Å². The summed E-state index contributed by atoms with van der Waals surface area (Å²) in [4.78, 5) is 21.7. The minimum atomic E-state index is -0.669. The number of rotatable bonds is 4. The number of nitrogens with two attached hydrogens (primary N) is 1. The van der Waals surface area contributed by atoms with Gasteiger partial charge in [0.15, 0.2) is 0 Å². The molecule has 1 unspecified atom stereocenters. The molecule has 20 heavy (non-hydrogen) atoms. The summed E-state index contributed by atoms with van der Waals surface area (Å²) in [5.41, 5.74) is 5.88. The minimum Gasteiger partial charge on any atom is -0.380 e. The summed E-state index contributed by atoms with van der Waals surface area (Å²) in [7, 11) is 0. The smallest absolute Gasteiger partial charge is 0.270 e. The van der Waals surface area contributed by atoms with Crippen LogP contribution in [0, 0.1) is 10.1 Å². The third-order valence-electron chi connectivity index (χ3n) is 3.39. The first-order chi connectivity index (χ1) is 9.58. The summed E-state index contributed by atoms with van der Waals surface area (Å²) >= 11 is 0. The molecule has 1 aromatic rings. The second-order valence-electron chi connectivity index (χ2n) is 4.89. The number of non-ortho nitro benzene ring substituents is 1. The molecule has 1 heterocycles. The van der Waals surface area contributed by atoms with Crippen LogP contribution in [0.15, 0.2) is 18.2 Å². The maximum atomic E-state index is 11.5. The third-order valence-corrected chi connectivity index (χ3v) is 3.39. The van der Waals surface area contributed by atoms with Gasteiger partial charge in [0, 0.05) is 30.4 Å². The van der Waals surface area contributed by atoms with Crippen LogP contribution in [0.25, 0.3) is 0 Å². The number of hydrogen-bond acceptors (Lipinski definition) is 5. The molecule has 0 aromatic heterocycles. The number of hydrogen-bond donors (Lipinski definition) is 3. The van der Waals surface area contributed by atoms with Crippen LogP contribution in [-0.4, -0.2) is 30.0 Å². The lowest BCUT2D eigenvalue weighted by atomic mass is 10.1. The van der Waals surface area contributed by atoms with E-state index in [1.807, 2.05) is 0 Å². The molecule has 1 amide bonds. The Labute approximate surface area is 116 Å². The zero-order chi connectivity index (χ0) is 14.5. The summed E-state index contributed by atoms with van der Waals surface area (Å²) in [5, 5.41) is 17.3. The number of primary amides is 1. The van der Waals surface area contributed by atoms with Gasteiger partial charge in [-0.05, 0) is 25.5 Å². The first-order valence-corrected chi connectivity index (χ1v) is 6.63. The van der Waals surface area contributed by atoms with Gasteiger partial charge in [-0.15, -0.1) is 0 Å². The molecule has 0 saturated carbocycles. The summed E-state index contributed by atoms with van der Waals surface area (Å²) < 4.78 is 0. The van der Waals surface area contributed by atoms with Crippen molar-refractivity contribution in [1.82, 2.24) is 5.32 Å². The van der Waals surface area contributed by atoms with Crippen molar-refractivity contribution in [2.75, 3.05) is 18.4 Å². The molecule has 0 radical (unpaired) electrons. The summed E-state index contributed by atoms with van der Waals surface area (Å²) in [5.74, 6) is -0.669. The normalized spacial score (nSPS) is 19.1. The van der Waals surface area contributed by atoms with Crippen LogP contribution >= 0.6 is 0 Å². The van der Waals surface area contributed by atoms with Crippen molar-refractivity contribution in [2.24, 2.45) is 5.73 Å². The maximum Gasteiger partial charge on any atom is 0.270 e. The van der Waals surface area contributed by atoms with E-state index in [2.05, 4.69) is 10.6 Å². The average molecular weight is 278 g/mol. The van der Waals surface area contributed by atoms with Crippen molar-refractivity contribution in [3.05, 3.63) is 33.9 Å². The predicted octanol–water partition coefficient (Wildman–Crippen LogP) is 1.25. The SMILES string of the molecule is NC(=O)c1cc([N+](=O)[O-])ccc1NC1CCCCNC1. The number of nitrogens with one attached hydrogen (secondary N) is 2. The molecule has 7 nitrogen and oxygen atoms in total. The molecule has 1 aliphatic heterocycles. The van der Waals surface area contributed by atoms with Crippen molar-refractivity contribution in [3.8, 4) is 0 Å². The Bertz CT molecular complexity index is 510. The van der Waals surface area contributed by atoms with Gasteiger partial charge in [-0.25, -0.2) is 0 Å². The second-order valence-corrected chi connectivity index (χ2v) is 4.89. The fourth-order valence-electron chi connectivity index (χ4n) is 2.34. The lowest BCUT2D eigenvalue weighted by molar-refractivity contribution is -0.384. The Morgan fingerprint density at radius 2 is 2.25 bits per heavy atom. The molecule has 1 atom stereocenters. The Balaban J connectivity index is 2.21. The van der Waals surface area contributed by atoms with E-state index in [-0.39, 0.29) is 17.3 Å². The van der Waals surface area contributed by atoms with E-state index >= 15 is 0 Å². The van der Waals surface area contributed by atoms with Crippen LogP contribution in [-0.2, 0) is 0 Å². The van der Waals surface area contributed by atoms with Crippen LogP contribution in [0.4, 0.5) is 11.4 Å². The molecular formula is C13H18N4O3. The molecule has 0 aliphatic carbocycles. The highest BCUT2D eigenvalue weighted by molar-refractivity contribution is 5.99. The Morgan fingerprint density at radius 1 is 1.45 bits per heavy atom. The highest BCUT2D eigenvalue weighted by Gasteiger charge is 2.18. The molecule has 7 heteroatoms. The highest BCUT2D eigenvalue weighted by Crippen LogP contribution is 2.23.